The van der Waals surface area contributed by atoms with E-state index < -0.39 is 0 Å². The summed E-state index contributed by atoms with van der Waals surface area (Å²) in [6, 6.07) is 5.93. The van der Waals surface area contributed by atoms with E-state index >= 15 is 0 Å². The van der Waals surface area contributed by atoms with Crippen molar-refractivity contribution in [1.82, 2.24) is 14.9 Å². The molecule has 0 spiro atoms. The Morgan fingerprint density at radius 1 is 1.28 bits per heavy atom. The van der Waals surface area contributed by atoms with E-state index in [4.69, 9.17) is 9.47 Å². The van der Waals surface area contributed by atoms with Crippen LogP contribution in [0.2, 0.25) is 0 Å². The van der Waals surface area contributed by atoms with Crippen LogP contribution in [-0.4, -0.2) is 29.8 Å². The second-order valence-electron chi connectivity index (χ2n) is 4.07. The van der Waals surface area contributed by atoms with Crippen molar-refractivity contribution in [3.63, 3.8) is 0 Å². The maximum Gasteiger partial charge on any atom is 0.163 e. The van der Waals surface area contributed by atoms with Crippen LogP contribution < -0.4 is 14.8 Å². The van der Waals surface area contributed by atoms with Gasteiger partial charge in [-0.25, -0.2) is 4.98 Å². The molecule has 1 aliphatic heterocycles. The topological polar surface area (TPSA) is 48.3 Å². The molecule has 94 valence electrons. The van der Waals surface area contributed by atoms with Crippen LogP contribution in [0.3, 0.4) is 0 Å². The van der Waals surface area contributed by atoms with E-state index in [1.165, 1.54) is 0 Å². The van der Waals surface area contributed by atoms with Crippen molar-refractivity contribution >= 4 is 0 Å². The summed E-state index contributed by atoms with van der Waals surface area (Å²) in [4.78, 5) is 4.32. The average molecular weight is 245 g/mol. The fourth-order valence-corrected chi connectivity index (χ4v) is 2.04. The Balaban J connectivity index is 1.98. The van der Waals surface area contributed by atoms with Crippen LogP contribution in [0.1, 0.15) is 5.82 Å². The van der Waals surface area contributed by atoms with E-state index in [0.717, 1.165) is 29.6 Å². The van der Waals surface area contributed by atoms with E-state index in [9.17, 15) is 0 Å². The SMILES string of the molecule is CNCc1nccn1-c1ccc2c(c1)OCCO2. The van der Waals surface area contributed by atoms with Crippen molar-refractivity contribution in [1.29, 1.82) is 0 Å². The summed E-state index contributed by atoms with van der Waals surface area (Å²) < 4.78 is 13.1. The van der Waals surface area contributed by atoms with Crippen LogP contribution in [0.15, 0.2) is 30.6 Å². The Labute approximate surface area is 105 Å². The van der Waals surface area contributed by atoms with E-state index in [-0.39, 0.29) is 0 Å². The predicted octanol–water partition coefficient (Wildman–Crippen LogP) is 1.36. The lowest BCUT2D eigenvalue weighted by molar-refractivity contribution is 0.171. The number of hydrogen-bond donors (Lipinski definition) is 1. The molecule has 0 saturated carbocycles. The van der Waals surface area contributed by atoms with Crippen LogP contribution in [0, 0.1) is 0 Å². The smallest absolute Gasteiger partial charge is 0.163 e. The first-order chi connectivity index (χ1) is 8.88. The van der Waals surface area contributed by atoms with Gasteiger partial charge in [0.25, 0.3) is 0 Å². The molecule has 0 amide bonds. The summed E-state index contributed by atoms with van der Waals surface area (Å²) in [6.07, 6.45) is 3.74. The molecule has 5 nitrogen and oxygen atoms in total. The first-order valence-electron chi connectivity index (χ1n) is 5.95. The van der Waals surface area contributed by atoms with E-state index in [2.05, 4.69) is 10.3 Å². The number of rotatable bonds is 3. The lowest BCUT2D eigenvalue weighted by Crippen LogP contribution is -2.16. The lowest BCUT2D eigenvalue weighted by Gasteiger charge is -2.19. The fraction of sp³-hybridized carbons (Fsp3) is 0.308. The summed E-state index contributed by atoms with van der Waals surface area (Å²) in [5, 5.41) is 3.10. The van der Waals surface area contributed by atoms with Gasteiger partial charge >= 0.3 is 0 Å². The molecule has 3 rings (SSSR count). The highest BCUT2D eigenvalue weighted by Gasteiger charge is 2.13. The largest absolute Gasteiger partial charge is 0.486 e. The van der Waals surface area contributed by atoms with E-state index in [1.807, 2.05) is 36.0 Å². The molecule has 1 aromatic heterocycles. The minimum absolute atomic E-state index is 0.601. The molecule has 2 aromatic rings. The molecule has 0 saturated heterocycles. The number of fused-ring (bicyclic) bond motifs is 1. The maximum absolute atomic E-state index is 5.59. The molecule has 0 atom stereocenters. The monoisotopic (exact) mass is 245 g/mol. The van der Waals surface area contributed by atoms with Gasteiger partial charge in [0, 0.05) is 18.5 Å². The van der Waals surface area contributed by atoms with Crippen molar-refractivity contribution in [3.8, 4) is 17.2 Å². The van der Waals surface area contributed by atoms with Gasteiger partial charge < -0.3 is 19.4 Å². The van der Waals surface area contributed by atoms with Gasteiger partial charge in [-0.2, -0.15) is 0 Å². The molecule has 0 fully saturated rings. The van der Waals surface area contributed by atoms with Gasteiger partial charge in [0.15, 0.2) is 11.5 Å². The third-order valence-corrected chi connectivity index (χ3v) is 2.86. The number of nitrogens with zero attached hydrogens (tertiary/aromatic N) is 2. The second-order valence-corrected chi connectivity index (χ2v) is 4.07. The third kappa shape index (κ3) is 1.93. The minimum Gasteiger partial charge on any atom is -0.486 e. The number of benzene rings is 1. The van der Waals surface area contributed by atoms with Crippen LogP contribution in [0.25, 0.3) is 5.69 Å². The van der Waals surface area contributed by atoms with Gasteiger partial charge in [0.1, 0.15) is 19.0 Å². The Bertz CT molecular complexity index is 551. The quantitative estimate of drug-likeness (QED) is 0.887. The number of ether oxygens (including phenoxy) is 2. The van der Waals surface area contributed by atoms with Crippen molar-refractivity contribution < 1.29 is 9.47 Å². The average Bonchev–Trinajstić information content (AvgIpc) is 2.87. The van der Waals surface area contributed by atoms with Gasteiger partial charge in [-0.15, -0.1) is 0 Å². The van der Waals surface area contributed by atoms with Crippen molar-refractivity contribution in [2.75, 3.05) is 20.3 Å². The van der Waals surface area contributed by atoms with Crippen molar-refractivity contribution in [2.45, 2.75) is 6.54 Å². The molecule has 0 aliphatic carbocycles. The standard InChI is InChI=1S/C13H15N3O2/c1-14-9-13-15-4-5-16(13)10-2-3-11-12(8-10)18-7-6-17-11/h2-5,8,14H,6-7,9H2,1H3. The van der Waals surface area contributed by atoms with E-state index in [1.54, 1.807) is 6.20 Å². The first-order valence-corrected chi connectivity index (χ1v) is 5.95. The molecule has 0 bridgehead atoms. The summed E-state index contributed by atoms with van der Waals surface area (Å²) in [5.41, 5.74) is 1.03. The highest BCUT2D eigenvalue weighted by atomic mass is 16.6. The van der Waals surface area contributed by atoms with Crippen LogP contribution in [0.5, 0.6) is 11.5 Å². The summed E-state index contributed by atoms with van der Waals surface area (Å²) in [5.74, 6) is 2.57. The Morgan fingerprint density at radius 2 is 2.11 bits per heavy atom. The highest BCUT2D eigenvalue weighted by Crippen LogP contribution is 2.32. The molecule has 1 N–H and O–H groups in total. The zero-order valence-electron chi connectivity index (χ0n) is 10.2. The normalized spacial score (nSPS) is 13.6. The number of aromatic nitrogens is 2. The molecule has 2 heterocycles. The number of hydrogen-bond acceptors (Lipinski definition) is 4. The summed E-state index contributed by atoms with van der Waals surface area (Å²) in [7, 11) is 1.91. The zero-order chi connectivity index (χ0) is 12.4. The van der Waals surface area contributed by atoms with Crippen LogP contribution >= 0.6 is 0 Å². The summed E-state index contributed by atoms with van der Waals surface area (Å²) in [6.45, 7) is 1.94. The minimum atomic E-state index is 0.601. The predicted molar refractivity (Wildman–Crippen MR) is 67.3 cm³/mol. The fourth-order valence-electron chi connectivity index (χ4n) is 2.04. The van der Waals surface area contributed by atoms with Gasteiger partial charge in [-0.05, 0) is 19.2 Å². The Morgan fingerprint density at radius 3 is 2.94 bits per heavy atom. The molecule has 5 heteroatoms. The van der Waals surface area contributed by atoms with E-state index in [0.29, 0.717) is 13.2 Å². The van der Waals surface area contributed by atoms with Gasteiger partial charge in [-0.3, -0.25) is 0 Å². The van der Waals surface area contributed by atoms with Crippen LogP contribution in [-0.2, 0) is 6.54 Å². The number of imidazole rings is 1. The maximum atomic E-state index is 5.59. The molecule has 0 unspecified atom stereocenters. The van der Waals surface area contributed by atoms with Gasteiger partial charge in [0.2, 0.25) is 0 Å². The molecular formula is C13H15N3O2. The Hall–Kier alpha value is -2.01. The molecule has 18 heavy (non-hydrogen) atoms. The zero-order valence-corrected chi connectivity index (χ0v) is 10.2. The third-order valence-electron chi connectivity index (χ3n) is 2.86. The van der Waals surface area contributed by atoms with Crippen molar-refractivity contribution in [2.24, 2.45) is 0 Å². The summed E-state index contributed by atoms with van der Waals surface area (Å²) >= 11 is 0. The second kappa shape index (κ2) is 4.70. The molecule has 1 aliphatic rings. The molecule has 0 radical (unpaired) electrons. The molecular weight excluding hydrogens is 230 g/mol. The molecule has 1 aromatic carbocycles. The van der Waals surface area contributed by atoms with Gasteiger partial charge in [-0.1, -0.05) is 0 Å². The van der Waals surface area contributed by atoms with Crippen LogP contribution in [0.4, 0.5) is 0 Å². The first kappa shape index (κ1) is 11.1. The van der Waals surface area contributed by atoms with Gasteiger partial charge in [0.05, 0.1) is 12.2 Å². The number of nitrogens with one attached hydrogen (secondary N) is 1. The van der Waals surface area contributed by atoms with Crippen molar-refractivity contribution in [3.05, 3.63) is 36.4 Å². The highest BCUT2D eigenvalue weighted by molar-refractivity contribution is 5.49. The lowest BCUT2D eigenvalue weighted by atomic mass is 10.2. The Kier molecular flexibility index (Phi) is 2.90.